The fourth-order valence-electron chi connectivity index (χ4n) is 7.57. The topological polar surface area (TPSA) is 192 Å². The predicted molar refractivity (Wildman–Crippen MR) is 223 cm³/mol. The van der Waals surface area contributed by atoms with Gasteiger partial charge in [0.2, 0.25) is 27.7 Å². The number of sulfonamides is 1. The Morgan fingerprint density at radius 3 is 2.29 bits per heavy atom. The SMILES string of the molecule is C.C=CC1CC1(NC(=O)[C@@H]1C[C@@H](NC(=O)n2ccc3ccccc32)CN1C(=O)[C@@H](NC(=O)CC1CC1)C(C)(C)C)C(=O)NS(=O)(=O)C1CC1.c1ccc2[nH]ccc2c1. The highest BCUT2D eigenvalue weighted by Crippen LogP contribution is 2.45. The number of aromatic amines is 1. The highest BCUT2D eigenvalue weighted by atomic mass is 32.2. The largest absolute Gasteiger partial charge is 0.361 e. The van der Waals surface area contributed by atoms with E-state index < -0.39 is 74.0 Å². The van der Waals surface area contributed by atoms with Gasteiger partial charge in [-0.15, -0.1) is 6.58 Å². The summed E-state index contributed by atoms with van der Waals surface area (Å²) in [5, 5.41) is 10.1. The third-order valence-electron chi connectivity index (χ3n) is 11.3. The zero-order chi connectivity index (χ0) is 40.7. The van der Waals surface area contributed by atoms with Crippen LogP contribution < -0.4 is 20.7 Å². The summed E-state index contributed by atoms with van der Waals surface area (Å²) in [5.74, 6) is -2.43. The summed E-state index contributed by atoms with van der Waals surface area (Å²) in [5.41, 5.74) is -0.356. The Morgan fingerprint density at radius 2 is 1.66 bits per heavy atom. The van der Waals surface area contributed by atoms with Gasteiger partial charge in [-0.2, -0.15) is 0 Å². The summed E-state index contributed by atoms with van der Waals surface area (Å²) < 4.78 is 28.8. The molecule has 2 unspecified atom stereocenters. The van der Waals surface area contributed by atoms with Gasteiger partial charge in [-0.05, 0) is 79.5 Å². The van der Waals surface area contributed by atoms with Gasteiger partial charge in [0, 0.05) is 42.2 Å². The van der Waals surface area contributed by atoms with Crippen LogP contribution in [0.3, 0.4) is 0 Å². The van der Waals surface area contributed by atoms with E-state index in [9.17, 15) is 32.4 Å². The first-order chi connectivity index (χ1) is 27.1. The Bertz CT molecular complexity index is 2290. The maximum Gasteiger partial charge on any atom is 0.326 e. The van der Waals surface area contributed by atoms with Crippen LogP contribution in [-0.2, 0) is 29.2 Å². The normalized spacial score (nSPS) is 23.1. The molecule has 3 heterocycles. The molecule has 4 aliphatic rings. The van der Waals surface area contributed by atoms with Crippen LogP contribution in [0.4, 0.5) is 4.79 Å². The molecule has 3 saturated carbocycles. The number of rotatable bonds is 11. The lowest BCUT2D eigenvalue weighted by Gasteiger charge is -2.35. The number of para-hydroxylation sites is 2. The van der Waals surface area contributed by atoms with Gasteiger partial charge in [-0.1, -0.05) is 70.7 Å². The first-order valence-corrected chi connectivity index (χ1v) is 21.1. The summed E-state index contributed by atoms with van der Waals surface area (Å²) in [6, 6.07) is 16.3. The van der Waals surface area contributed by atoms with Crippen LogP contribution in [-0.4, -0.2) is 88.0 Å². The molecule has 0 spiro atoms. The molecule has 2 aromatic carbocycles. The van der Waals surface area contributed by atoms with Crippen LogP contribution in [0.5, 0.6) is 0 Å². The minimum absolute atomic E-state index is 0. The molecule has 4 aromatic rings. The number of carbonyl (C=O) groups is 5. The van der Waals surface area contributed by atoms with Crippen molar-refractivity contribution in [3.05, 3.63) is 85.7 Å². The molecule has 14 nitrogen and oxygen atoms in total. The lowest BCUT2D eigenvalue weighted by Crippen LogP contribution is -2.60. The molecule has 0 radical (unpaired) electrons. The minimum Gasteiger partial charge on any atom is -0.361 e. The maximum atomic E-state index is 14.3. The number of H-pyrrole nitrogens is 1. The number of hydrogen-bond acceptors (Lipinski definition) is 7. The number of nitrogens with zero attached hydrogens (tertiary/aromatic N) is 2. The van der Waals surface area contributed by atoms with Gasteiger partial charge in [0.05, 0.1) is 16.8 Å². The maximum absolute atomic E-state index is 14.3. The number of benzene rings is 2. The van der Waals surface area contributed by atoms with Gasteiger partial charge in [-0.25, -0.2) is 13.2 Å². The summed E-state index contributed by atoms with van der Waals surface area (Å²) >= 11 is 0. The van der Waals surface area contributed by atoms with E-state index in [1.807, 2.05) is 69.4 Å². The second kappa shape index (κ2) is 16.4. The fraction of sp³-hybridized carbons (Fsp3) is 0.465. The second-order valence-corrected chi connectivity index (χ2v) is 18.9. The van der Waals surface area contributed by atoms with E-state index in [1.54, 1.807) is 6.20 Å². The van der Waals surface area contributed by atoms with E-state index in [1.165, 1.54) is 26.4 Å². The van der Waals surface area contributed by atoms with Gasteiger partial charge in [0.25, 0.3) is 5.91 Å². The van der Waals surface area contributed by atoms with E-state index >= 15 is 0 Å². The van der Waals surface area contributed by atoms with E-state index in [0.29, 0.717) is 30.7 Å². The second-order valence-electron chi connectivity index (χ2n) is 16.9. The van der Waals surface area contributed by atoms with Crippen LogP contribution in [0.15, 0.2) is 85.7 Å². The van der Waals surface area contributed by atoms with Crippen molar-refractivity contribution in [2.75, 3.05) is 6.54 Å². The van der Waals surface area contributed by atoms with Crippen molar-refractivity contribution in [1.82, 2.24) is 35.1 Å². The summed E-state index contributed by atoms with van der Waals surface area (Å²) in [4.78, 5) is 72.6. The van der Waals surface area contributed by atoms with E-state index in [2.05, 4.69) is 50.4 Å². The lowest BCUT2D eigenvalue weighted by molar-refractivity contribution is -0.144. The number of amides is 5. The van der Waals surface area contributed by atoms with Crippen molar-refractivity contribution >= 4 is 61.5 Å². The molecule has 2 aromatic heterocycles. The first kappa shape index (κ1) is 42.2. The molecular weight excluding hydrogens is 759 g/mol. The number of hydrogen-bond donors (Lipinski definition) is 5. The van der Waals surface area contributed by atoms with Gasteiger partial charge < -0.3 is 25.8 Å². The molecule has 15 heteroatoms. The Labute approximate surface area is 339 Å². The molecule has 310 valence electrons. The molecular formula is C43H55N7O7S. The summed E-state index contributed by atoms with van der Waals surface area (Å²) in [6.07, 6.45) is 8.46. The average molecular weight is 814 g/mol. The van der Waals surface area contributed by atoms with Gasteiger partial charge in [-0.3, -0.25) is 28.5 Å². The smallest absolute Gasteiger partial charge is 0.326 e. The zero-order valence-electron chi connectivity index (χ0n) is 32.5. The Hall–Kier alpha value is -5.44. The monoisotopic (exact) mass is 813 g/mol. The Balaban J connectivity index is 0.000000495. The number of likely N-dealkylation sites (tertiary alicyclic amines) is 1. The van der Waals surface area contributed by atoms with E-state index in [4.69, 9.17) is 0 Å². The Kier molecular flexibility index (Phi) is 11.9. The molecule has 4 fully saturated rings. The van der Waals surface area contributed by atoms with Crippen molar-refractivity contribution in [1.29, 1.82) is 0 Å². The fourth-order valence-corrected chi connectivity index (χ4v) is 8.93. The first-order valence-electron chi connectivity index (χ1n) is 19.6. The van der Waals surface area contributed by atoms with Crippen LogP contribution in [0.2, 0.25) is 0 Å². The van der Waals surface area contributed by atoms with Crippen molar-refractivity contribution in [2.24, 2.45) is 17.3 Å². The van der Waals surface area contributed by atoms with Crippen LogP contribution >= 0.6 is 0 Å². The Morgan fingerprint density at radius 1 is 0.966 bits per heavy atom. The van der Waals surface area contributed by atoms with Crippen molar-refractivity contribution in [2.45, 2.75) is 102 Å². The van der Waals surface area contributed by atoms with Gasteiger partial charge >= 0.3 is 6.03 Å². The molecule has 0 bridgehead atoms. The minimum atomic E-state index is -3.88. The number of nitrogens with one attached hydrogen (secondary N) is 5. The number of carbonyl (C=O) groups excluding carboxylic acids is 5. The van der Waals surface area contributed by atoms with Crippen molar-refractivity contribution < 1.29 is 32.4 Å². The van der Waals surface area contributed by atoms with Crippen LogP contribution in [0.1, 0.15) is 73.1 Å². The van der Waals surface area contributed by atoms with E-state index in [-0.39, 0.29) is 32.7 Å². The predicted octanol–water partition coefficient (Wildman–Crippen LogP) is 4.97. The molecule has 5 atom stereocenters. The average Bonchev–Trinajstić information content (AvgIpc) is 4.13. The molecule has 58 heavy (non-hydrogen) atoms. The quantitative estimate of drug-likeness (QED) is 0.132. The molecule has 5 N–H and O–H groups in total. The van der Waals surface area contributed by atoms with Gasteiger partial charge in [0.1, 0.15) is 17.6 Å². The van der Waals surface area contributed by atoms with Crippen molar-refractivity contribution in [3.8, 4) is 0 Å². The van der Waals surface area contributed by atoms with Crippen LogP contribution in [0, 0.1) is 17.3 Å². The molecule has 5 amide bonds. The molecule has 1 aliphatic heterocycles. The molecule has 8 rings (SSSR count). The van der Waals surface area contributed by atoms with Crippen LogP contribution in [0.25, 0.3) is 21.8 Å². The number of fused-ring (bicyclic) bond motifs is 2. The standard InChI is InChI=1S/C34H44N6O7S.C8H7N.CH4/c1-5-22-18-34(22,31(44)38-48(46,47)24-12-13-24)37-29(42)26-17-23(35-32(45)39-15-14-21-8-6-7-9-25(21)39)19-40(26)30(43)28(33(2,3)4)36-27(41)16-20-10-11-20;1-2-4-8-7(3-1)5-6-9-8;/h5-9,14-15,20,22-24,26,28H,1,10-13,16-19H2,2-4H3,(H,35,45)(H,36,41)(H,37,42)(H,38,44);1-6,9H;1H4/t22?,23-,26+,28-,34?;;/m1../s1. The number of aromatic nitrogens is 2. The van der Waals surface area contributed by atoms with Crippen molar-refractivity contribution in [3.63, 3.8) is 0 Å². The third kappa shape index (κ3) is 9.14. The molecule has 3 aliphatic carbocycles. The summed E-state index contributed by atoms with van der Waals surface area (Å²) in [6.45, 7) is 9.21. The molecule has 1 saturated heterocycles. The zero-order valence-corrected chi connectivity index (χ0v) is 33.3. The third-order valence-corrected chi connectivity index (χ3v) is 13.2. The highest BCUT2D eigenvalue weighted by molar-refractivity contribution is 7.91. The van der Waals surface area contributed by atoms with Gasteiger partial charge in [0.15, 0.2) is 0 Å². The lowest BCUT2D eigenvalue weighted by atomic mass is 9.85. The van der Waals surface area contributed by atoms with E-state index in [0.717, 1.165) is 18.2 Å². The highest BCUT2D eigenvalue weighted by Gasteiger charge is 2.62. The summed E-state index contributed by atoms with van der Waals surface area (Å²) in [7, 11) is -3.88.